The number of thiazole rings is 1. The van der Waals surface area contributed by atoms with Crippen LogP contribution in [0.5, 0.6) is 5.19 Å². The summed E-state index contributed by atoms with van der Waals surface area (Å²) in [5.41, 5.74) is 0. The zero-order chi connectivity index (χ0) is 5.98. The van der Waals surface area contributed by atoms with Crippen LogP contribution in [-0.4, -0.2) is 12.1 Å². The second-order valence-corrected chi connectivity index (χ2v) is 3.51. The average molecular weight is 194 g/mol. The molecule has 0 amide bonds. The molecule has 8 heavy (non-hydrogen) atoms. The number of methoxy groups -OCH3 is 1. The van der Waals surface area contributed by atoms with Crippen LogP contribution in [0.1, 0.15) is 0 Å². The fourth-order valence-electron chi connectivity index (χ4n) is 0.334. The lowest BCUT2D eigenvalue weighted by molar-refractivity contribution is 0.412. The Kier molecular flexibility index (Phi) is 1.85. The molecular weight excluding hydrogens is 190 g/mol. The van der Waals surface area contributed by atoms with Gasteiger partial charge in [0.1, 0.15) is 0 Å². The predicted octanol–water partition coefficient (Wildman–Crippen LogP) is 1.91. The first-order chi connectivity index (χ1) is 3.83. The van der Waals surface area contributed by atoms with E-state index in [1.165, 1.54) is 11.3 Å². The lowest BCUT2D eigenvalue weighted by atomic mass is 11.0. The third kappa shape index (κ3) is 1.20. The number of hydrogen-bond donors (Lipinski definition) is 0. The first-order valence-corrected chi connectivity index (χ1v) is 3.59. The van der Waals surface area contributed by atoms with E-state index in [4.69, 9.17) is 4.74 Å². The maximum Gasteiger partial charge on any atom is 0.273 e. The van der Waals surface area contributed by atoms with Crippen LogP contribution in [0, 0.1) is 0 Å². The Balaban J connectivity index is 2.84. The Morgan fingerprint density at radius 3 is 2.88 bits per heavy atom. The minimum absolute atomic E-state index is 0.692. The predicted molar refractivity (Wildman–Crippen MR) is 36.4 cm³/mol. The Labute approximate surface area is 59.6 Å². The summed E-state index contributed by atoms with van der Waals surface area (Å²) >= 11 is 4.72. The van der Waals surface area contributed by atoms with E-state index >= 15 is 0 Å². The molecule has 0 radical (unpaired) electrons. The van der Waals surface area contributed by atoms with Crippen molar-refractivity contribution in [1.29, 1.82) is 0 Å². The van der Waals surface area contributed by atoms with Gasteiger partial charge in [-0.3, -0.25) is 0 Å². The molecule has 0 aliphatic rings. The Bertz CT molecular complexity index is 176. The summed E-state index contributed by atoms with van der Waals surface area (Å²) in [6.45, 7) is 0. The van der Waals surface area contributed by atoms with Gasteiger partial charge in [0.05, 0.1) is 17.1 Å². The first kappa shape index (κ1) is 6.04. The van der Waals surface area contributed by atoms with Crippen LogP contribution in [-0.2, 0) is 0 Å². The molecule has 0 aromatic carbocycles. The van der Waals surface area contributed by atoms with Gasteiger partial charge in [-0.05, 0) is 15.9 Å². The topological polar surface area (TPSA) is 22.1 Å². The quantitative estimate of drug-likeness (QED) is 0.681. The van der Waals surface area contributed by atoms with Gasteiger partial charge in [-0.1, -0.05) is 11.3 Å². The summed E-state index contributed by atoms with van der Waals surface area (Å²) in [6, 6.07) is 0. The van der Waals surface area contributed by atoms with Gasteiger partial charge in [-0.15, -0.1) is 0 Å². The fourth-order valence-corrected chi connectivity index (χ4v) is 1.31. The van der Waals surface area contributed by atoms with Crippen molar-refractivity contribution in [3.8, 4) is 5.19 Å². The lowest BCUT2D eigenvalue weighted by Crippen LogP contribution is -1.76. The summed E-state index contributed by atoms with van der Waals surface area (Å²) in [5, 5.41) is 0.692. The van der Waals surface area contributed by atoms with E-state index in [-0.39, 0.29) is 0 Å². The van der Waals surface area contributed by atoms with Crippen LogP contribution < -0.4 is 4.74 Å². The van der Waals surface area contributed by atoms with Crippen molar-refractivity contribution < 1.29 is 4.74 Å². The molecule has 0 unspecified atom stereocenters. The number of hydrogen-bond acceptors (Lipinski definition) is 3. The Morgan fingerprint density at radius 2 is 2.62 bits per heavy atom. The summed E-state index contributed by atoms with van der Waals surface area (Å²) in [6.07, 6.45) is 1.71. The highest BCUT2D eigenvalue weighted by Gasteiger charge is 1.94. The van der Waals surface area contributed by atoms with E-state index in [9.17, 15) is 0 Å². The lowest BCUT2D eigenvalue weighted by Gasteiger charge is -1.84. The summed E-state index contributed by atoms with van der Waals surface area (Å²) in [5.74, 6) is 0. The van der Waals surface area contributed by atoms with E-state index in [0.29, 0.717) is 5.19 Å². The van der Waals surface area contributed by atoms with Crippen molar-refractivity contribution in [3.63, 3.8) is 0 Å². The number of aromatic nitrogens is 1. The highest BCUT2D eigenvalue weighted by molar-refractivity contribution is 9.11. The first-order valence-electron chi connectivity index (χ1n) is 1.98. The molecule has 0 N–H and O–H groups in total. The molecule has 4 heteroatoms. The number of halogens is 1. The molecule has 0 saturated heterocycles. The Hall–Kier alpha value is -0.0900. The van der Waals surface area contributed by atoms with E-state index < -0.39 is 0 Å². The highest BCUT2D eigenvalue weighted by Crippen LogP contribution is 2.24. The number of ether oxygens (including phenoxy) is 1. The molecule has 0 atom stereocenters. The smallest absolute Gasteiger partial charge is 0.273 e. The van der Waals surface area contributed by atoms with Crippen LogP contribution >= 0.6 is 27.3 Å². The molecule has 1 heterocycles. The van der Waals surface area contributed by atoms with E-state index in [2.05, 4.69) is 20.9 Å². The van der Waals surface area contributed by atoms with Gasteiger partial charge in [0.15, 0.2) is 0 Å². The van der Waals surface area contributed by atoms with Crippen LogP contribution in [0.15, 0.2) is 9.98 Å². The second-order valence-electron chi connectivity index (χ2n) is 1.13. The molecule has 0 fully saturated rings. The van der Waals surface area contributed by atoms with Gasteiger partial charge in [0.2, 0.25) is 0 Å². The third-order valence-electron chi connectivity index (χ3n) is 0.631. The molecule has 1 rings (SSSR count). The van der Waals surface area contributed by atoms with Crippen LogP contribution in [0.2, 0.25) is 0 Å². The summed E-state index contributed by atoms with van der Waals surface area (Å²) < 4.78 is 5.81. The molecular formula is C4H4BrNOS. The van der Waals surface area contributed by atoms with Crippen LogP contribution in [0.4, 0.5) is 0 Å². The molecule has 0 spiro atoms. The maximum absolute atomic E-state index is 4.81. The molecule has 44 valence electrons. The van der Waals surface area contributed by atoms with E-state index in [1.54, 1.807) is 13.3 Å². The normalized spacial score (nSPS) is 9.25. The van der Waals surface area contributed by atoms with Gasteiger partial charge >= 0.3 is 0 Å². The van der Waals surface area contributed by atoms with Crippen molar-refractivity contribution in [3.05, 3.63) is 9.98 Å². The van der Waals surface area contributed by atoms with E-state index in [1.807, 2.05) is 0 Å². The van der Waals surface area contributed by atoms with Crippen molar-refractivity contribution in [1.82, 2.24) is 4.98 Å². The molecule has 0 bridgehead atoms. The zero-order valence-corrected chi connectivity index (χ0v) is 6.62. The Morgan fingerprint density at radius 1 is 1.88 bits per heavy atom. The standard InChI is InChI=1S/C4H4BrNOS/c1-7-4-6-2-3(5)8-4/h2H,1H3. The molecule has 1 aromatic heterocycles. The zero-order valence-electron chi connectivity index (χ0n) is 4.22. The van der Waals surface area contributed by atoms with E-state index in [0.717, 1.165) is 3.79 Å². The van der Waals surface area contributed by atoms with Crippen molar-refractivity contribution in [2.75, 3.05) is 7.11 Å². The number of nitrogens with zero attached hydrogens (tertiary/aromatic N) is 1. The molecule has 1 aromatic rings. The van der Waals surface area contributed by atoms with Crippen molar-refractivity contribution >= 4 is 27.3 Å². The number of rotatable bonds is 1. The summed E-state index contributed by atoms with van der Waals surface area (Å²) in [7, 11) is 1.60. The van der Waals surface area contributed by atoms with Gasteiger partial charge in [0, 0.05) is 0 Å². The summed E-state index contributed by atoms with van der Waals surface area (Å²) in [4.78, 5) is 3.88. The van der Waals surface area contributed by atoms with Crippen LogP contribution in [0.3, 0.4) is 0 Å². The second kappa shape index (κ2) is 2.46. The monoisotopic (exact) mass is 193 g/mol. The van der Waals surface area contributed by atoms with Gasteiger partial charge in [-0.2, -0.15) is 0 Å². The minimum Gasteiger partial charge on any atom is -0.473 e. The van der Waals surface area contributed by atoms with Crippen LogP contribution in [0.25, 0.3) is 0 Å². The van der Waals surface area contributed by atoms with Gasteiger partial charge in [0.25, 0.3) is 5.19 Å². The SMILES string of the molecule is COc1ncc(Br)s1. The molecule has 0 aliphatic heterocycles. The highest BCUT2D eigenvalue weighted by atomic mass is 79.9. The molecule has 0 saturated carbocycles. The van der Waals surface area contributed by atoms with Crippen molar-refractivity contribution in [2.45, 2.75) is 0 Å². The minimum atomic E-state index is 0.692. The molecule has 2 nitrogen and oxygen atoms in total. The van der Waals surface area contributed by atoms with Gasteiger partial charge in [-0.25, -0.2) is 4.98 Å². The fraction of sp³-hybridized carbons (Fsp3) is 0.250. The maximum atomic E-state index is 4.81. The van der Waals surface area contributed by atoms with Crippen molar-refractivity contribution in [2.24, 2.45) is 0 Å². The third-order valence-corrected chi connectivity index (χ3v) is 2.07. The average Bonchev–Trinajstić information content (AvgIpc) is 2.14. The molecule has 0 aliphatic carbocycles. The largest absolute Gasteiger partial charge is 0.473 e. The van der Waals surface area contributed by atoms with Gasteiger partial charge < -0.3 is 4.74 Å².